The van der Waals surface area contributed by atoms with Crippen LogP contribution in [0.4, 0.5) is 0 Å². The molecule has 0 heterocycles. The van der Waals surface area contributed by atoms with Gasteiger partial charge in [-0.2, -0.15) is 0 Å². The minimum atomic E-state index is 1.23. The van der Waals surface area contributed by atoms with Crippen LogP contribution in [0.2, 0.25) is 0 Å². The van der Waals surface area contributed by atoms with Crippen LogP contribution in [-0.4, -0.2) is 0 Å². The summed E-state index contributed by atoms with van der Waals surface area (Å²) in [5, 5.41) is 0. The molecule has 0 N–H and O–H groups in total. The molecule has 0 bridgehead atoms. The first kappa shape index (κ1) is 44.2. The zero-order chi connectivity index (χ0) is 32.6. The summed E-state index contributed by atoms with van der Waals surface area (Å²) >= 11 is 0. The Morgan fingerprint density at radius 3 is 0.778 bits per heavy atom. The highest BCUT2D eigenvalue weighted by molar-refractivity contribution is 5.14. The number of hydrogen-bond acceptors (Lipinski definition) is 0. The monoisotopic (exact) mass is 627 g/mol. The predicted octanol–water partition coefficient (Wildman–Crippen LogP) is 17.1. The fourth-order valence-electron chi connectivity index (χ4n) is 6.66. The van der Waals surface area contributed by atoms with Gasteiger partial charge >= 0.3 is 0 Å². The van der Waals surface area contributed by atoms with Crippen LogP contribution in [0.1, 0.15) is 252 Å². The Kier molecular flexibility index (Phi) is 40.5. The van der Waals surface area contributed by atoms with Crippen LogP contribution in [0, 0.1) is 0 Å². The van der Waals surface area contributed by atoms with Gasteiger partial charge in [0.1, 0.15) is 0 Å². The van der Waals surface area contributed by atoms with Gasteiger partial charge in [-0.25, -0.2) is 0 Å². The van der Waals surface area contributed by atoms with Crippen molar-refractivity contribution in [3.05, 3.63) is 36.0 Å². The van der Waals surface area contributed by atoms with Gasteiger partial charge in [-0.1, -0.05) is 261 Å². The first-order chi connectivity index (χ1) is 22.3. The number of hydrogen-bond donors (Lipinski definition) is 0. The lowest BCUT2D eigenvalue weighted by atomic mass is 10.0. The van der Waals surface area contributed by atoms with Crippen molar-refractivity contribution < 1.29 is 0 Å². The molecule has 0 fully saturated rings. The van der Waals surface area contributed by atoms with E-state index in [9.17, 15) is 0 Å². The van der Waals surface area contributed by atoms with E-state index in [2.05, 4.69) is 51.2 Å². The Morgan fingerprint density at radius 1 is 0.289 bits per heavy atom. The Bertz CT molecular complexity index is 604. The molecule has 45 heavy (non-hydrogen) atoms. The lowest BCUT2D eigenvalue weighted by Crippen LogP contribution is -1.85. The van der Waals surface area contributed by atoms with Crippen molar-refractivity contribution in [2.24, 2.45) is 0 Å². The van der Waals surface area contributed by atoms with E-state index in [1.54, 1.807) is 0 Å². The average Bonchev–Trinajstić information content (AvgIpc) is 3.03. The first-order valence-electron chi connectivity index (χ1n) is 21.2. The van der Waals surface area contributed by atoms with E-state index in [-0.39, 0.29) is 0 Å². The van der Waals surface area contributed by atoms with E-state index in [0.717, 1.165) is 0 Å². The zero-order valence-electron chi connectivity index (χ0n) is 31.8. The Balaban J connectivity index is 3.09. The summed E-state index contributed by atoms with van der Waals surface area (Å²) in [5.74, 6) is 0. The summed E-state index contributed by atoms with van der Waals surface area (Å²) in [6.45, 7) is 6.59. The van der Waals surface area contributed by atoms with Gasteiger partial charge in [-0.3, -0.25) is 0 Å². The molecule has 0 heteroatoms. The summed E-state index contributed by atoms with van der Waals surface area (Å²) in [5.41, 5.74) is 1.36. The number of unbranched alkanes of at least 4 members (excludes halogenated alkanes) is 35. The molecule has 266 valence electrons. The smallest absolute Gasteiger partial charge is 0.0348 e. The predicted molar refractivity (Wildman–Crippen MR) is 210 cm³/mol. The van der Waals surface area contributed by atoms with Gasteiger partial charge in [0, 0.05) is 0 Å². The van der Waals surface area contributed by atoms with Crippen molar-refractivity contribution in [1.29, 1.82) is 0 Å². The van der Waals surface area contributed by atoms with Gasteiger partial charge in [-0.15, -0.1) is 0 Å². The summed E-state index contributed by atoms with van der Waals surface area (Å²) in [6.07, 6.45) is 63.7. The summed E-state index contributed by atoms with van der Waals surface area (Å²) in [7, 11) is 0. The van der Waals surface area contributed by atoms with Crippen LogP contribution < -0.4 is 0 Å². The molecule has 0 aromatic carbocycles. The zero-order valence-corrected chi connectivity index (χ0v) is 31.8. The average molecular weight is 627 g/mol. The van der Waals surface area contributed by atoms with Gasteiger partial charge in [0.05, 0.1) is 0 Å². The Hall–Kier alpha value is -0.780. The Labute approximate surface area is 287 Å². The van der Waals surface area contributed by atoms with Crippen LogP contribution in [0.3, 0.4) is 0 Å². The van der Waals surface area contributed by atoms with Gasteiger partial charge < -0.3 is 0 Å². The van der Waals surface area contributed by atoms with E-state index in [1.807, 2.05) is 0 Å². The van der Waals surface area contributed by atoms with Crippen LogP contribution in [0.5, 0.6) is 0 Å². The van der Waals surface area contributed by atoms with Crippen molar-refractivity contribution in [3.8, 4) is 0 Å². The topological polar surface area (TPSA) is 0 Å². The molecule has 0 atom stereocenters. The number of allylic oxidation sites excluding steroid dienone is 6. The van der Waals surface area contributed by atoms with E-state index in [0.29, 0.717) is 0 Å². The second-order valence-electron chi connectivity index (χ2n) is 14.9. The van der Waals surface area contributed by atoms with Crippen LogP contribution >= 0.6 is 0 Å². The van der Waals surface area contributed by atoms with E-state index < -0.39 is 0 Å². The fraction of sp³-hybridized carbons (Fsp3) is 0.867. The first-order valence-corrected chi connectivity index (χ1v) is 21.2. The maximum atomic E-state index is 2.32. The fourth-order valence-corrected chi connectivity index (χ4v) is 6.66. The minimum Gasteiger partial charge on any atom is -0.0845 e. The quantitative estimate of drug-likeness (QED) is 0.0472. The van der Waals surface area contributed by atoms with Crippen molar-refractivity contribution >= 4 is 0 Å². The SMILES string of the molecule is CCCCCCCCCCCCCCCCCCCCCCCCCCCCCCCCCCCCCC=CC=CC=C(C)C. The van der Waals surface area contributed by atoms with E-state index >= 15 is 0 Å². The molecule has 0 saturated heterocycles. The highest BCUT2D eigenvalue weighted by Gasteiger charge is 1.97. The molecule has 0 rings (SSSR count). The van der Waals surface area contributed by atoms with Gasteiger partial charge in [0.25, 0.3) is 0 Å². The van der Waals surface area contributed by atoms with Crippen LogP contribution in [0.15, 0.2) is 36.0 Å². The molecule has 0 radical (unpaired) electrons. The standard InChI is InChI=1S/C45H86/c1-4-5-6-7-8-9-10-11-12-13-14-15-16-17-18-19-20-21-22-23-24-25-26-27-28-29-30-31-32-33-34-35-36-37-38-39-40-41-42-43-44-45(2)3/h40-44H,4-39H2,1-3H3. The Morgan fingerprint density at radius 2 is 0.533 bits per heavy atom. The maximum Gasteiger partial charge on any atom is -0.0348 e. The van der Waals surface area contributed by atoms with Crippen molar-refractivity contribution in [3.63, 3.8) is 0 Å². The largest absolute Gasteiger partial charge is 0.0845 e. The molecule has 0 nitrogen and oxygen atoms in total. The summed E-state index contributed by atoms with van der Waals surface area (Å²) in [4.78, 5) is 0. The minimum absolute atomic E-state index is 1.23. The normalized spacial score (nSPS) is 11.8. The molecule has 0 aliphatic heterocycles. The molecule has 0 aromatic rings. The third-order valence-electron chi connectivity index (χ3n) is 9.76. The molecule has 0 amide bonds. The summed E-state index contributed by atoms with van der Waals surface area (Å²) < 4.78 is 0. The molecule has 0 spiro atoms. The van der Waals surface area contributed by atoms with Crippen LogP contribution in [-0.2, 0) is 0 Å². The third kappa shape index (κ3) is 43.2. The van der Waals surface area contributed by atoms with Crippen molar-refractivity contribution in [1.82, 2.24) is 0 Å². The summed E-state index contributed by atoms with van der Waals surface area (Å²) in [6, 6.07) is 0. The van der Waals surface area contributed by atoms with Crippen molar-refractivity contribution in [2.45, 2.75) is 252 Å². The molecule has 0 aliphatic carbocycles. The second-order valence-corrected chi connectivity index (χ2v) is 14.9. The lowest BCUT2D eigenvalue weighted by Gasteiger charge is -2.05. The highest BCUT2D eigenvalue weighted by atomic mass is 14.0. The molecule has 0 aromatic heterocycles. The van der Waals surface area contributed by atoms with Gasteiger partial charge in [0.15, 0.2) is 0 Å². The van der Waals surface area contributed by atoms with Crippen molar-refractivity contribution in [2.75, 3.05) is 0 Å². The number of rotatable bonds is 38. The molecular weight excluding hydrogens is 540 g/mol. The molecular formula is C45H86. The highest BCUT2D eigenvalue weighted by Crippen LogP contribution is 2.17. The maximum absolute atomic E-state index is 2.32. The van der Waals surface area contributed by atoms with E-state index in [1.165, 1.54) is 237 Å². The van der Waals surface area contributed by atoms with Gasteiger partial charge in [-0.05, 0) is 26.7 Å². The molecule has 0 aliphatic rings. The third-order valence-corrected chi connectivity index (χ3v) is 9.76. The van der Waals surface area contributed by atoms with Gasteiger partial charge in [0.2, 0.25) is 0 Å². The van der Waals surface area contributed by atoms with E-state index in [4.69, 9.17) is 0 Å². The van der Waals surface area contributed by atoms with Crippen LogP contribution in [0.25, 0.3) is 0 Å². The molecule has 0 saturated carbocycles. The molecule has 0 unspecified atom stereocenters. The lowest BCUT2D eigenvalue weighted by molar-refractivity contribution is 0.511. The second kappa shape index (κ2) is 41.2.